The average molecular weight is 467 g/mol. The molecule has 0 bridgehead atoms. The number of amides is 1. The van der Waals surface area contributed by atoms with Crippen LogP contribution in [0.1, 0.15) is 43.5 Å². The van der Waals surface area contributed by atoms with Gasteiger partial charge in [0, 0.05) is 35.8 Å². The predicted octanol–water partition coefficient (Wildman–Crippen LogP) is 3.36. The molecule has 0 saturated carbocycles. The van der Waals surface area contributed by atoms with Gasteiger partial charge < -0.3 is 5.32 Å². The van der Waals surface area contributed by atoms with Crippen LogP contribution in [0.15, 0.2) is 53.7 Å². The van der Waals surface area contributed by atoms with E-state index in [9.17, 15) is 13.2 Å². The first kappa shape index (κ1) is 23.2. The van der Waals surface area contributed by atoms with Crippen LogP contribution in [0.5, 0.6) is 0 Å². The molecule has 2 heterocycles. The van der Waals surface area contributed by atoms with E-state index in [4.69, 9.17) is 5.10 Å². The van der Waals surface area contributed by atoms with E-state index >= 15 is 0 Å². The van der Waals surface area contributed by atoms with Gasteiger partial charge in [0.2, 0.25) is 5.91 Å². The van der Waals surface area contributed by atoms with Crippen LogP contribution in [0.2, 0.25) is 0 Å². The number of fused-ring (bicyclic) bond motifs is 1. The molecule has 33 heavy (non-hydrogen) atoms. The minimum Gasteiger partial charge on any atom is -0.354 e. The van der Waals surface area contributed by atoms with Gasteiger partial charge in [0.05, 0.1) is 28.8 Å². The maximum Gasteiger partial charge on any atom is 0.224 e. The number of pyridine rings is 1. The molecule has 0 radical (unpaired) electrons. The number of hydrogen-bond donors (Lipinski definition) is 1. The van der Waals surface area contributed by atoms with E-state index in [1.165, 1.54) is 17.7 Å². The van der Waals surface area contributed by atoms with E-state index < -0.39 is 15.1 Å². The maximum absolute atomic E-state index is 12.4. The molecule has 0 unspecified atom stereocenters. The lowest BCUT2D eigenvalue weighted by molar-refractivity contribution is -0.120. The quantitative estimate of drug-likeness (QED) is 0.549. The van der Waals surface area contributed by atoms with E-state index in [0.717, 1.165) is 36.1 Å². The summed E-state index contributed by atoms with van der Waals surface area (Å²) < 4.78 is 26.5. The molecule has 1 aromatic carbocycles. The van der Waals surface area contributed by atoms with Gasteiger partial charge in [-0.1, -0.05) is 12.1 Å². The number of sulfone groups is 1. The lowest BCUT2D eigenvalue weighted by atomic mass is 9.94. The van der Waals surface area contributed by atoms with Crippen molar-refractivity contribution >= 4 is 15.7 Å². The highest BCUT2D eigenvalue weighted by Gasteiger charge is 2.22. The van der Waals surface area contributed by atoms with Crippen molar-refractivity contribution in [2.24, 2.45) is 0 Å². The van der Waals surface area contributed by atoms with Gasteiger partial charge in [-0.15, -0.1) is 0 Å². The van der Waals surface area contributed by atoms with E-state index in [-0.39, 0.29) is 17.2 Å². The fourth-order valence-electron chi connectivity index (χ4n) is 4.22. The Bertz CT molecular complexity index is 1220. The zero-order valence-corrected chi connectivity index (χ0v) is 19.9. The highest BCUT2D eigenvalue weighted by Crippen LogP contribution is 2.30. The average Bonchev–Trinajstić information content (AvgIpc) is 3.19. The minimum absolute atomic E-state index is 0.0927. The van der Waals surface area contributed by atoms with Gasteiger partial charge in [0.1, 0.15) is 0 Å². The first-order chi connectivity index (χ1) is 15.9. The van der Waals surface area contributed by atoms with Crippen LogP contribution >= 0.6 is 0 Å². The second-order valence-electron chi connectivity index (χ2n) is 8.70. The predicted molar refractivity (Wildman–Crippen MR) is 128 cm³/mol. The Morgan fingerprint density at radius 2 is 1.76 bits per heavy atom. The van der Waals surface area contributed by atoms with Crippen LogP contribution < -0.4 is 5.32 Å². The van der Waals surface area contributed by atoms with Gasteiger partial charge in [0.15, 0.2) is 9.84 Å². The zero-order valence-electron chi connectivity index (χ0n) is 19.1. The molecule has 174 valence electrons. The van der Waals surface area contributed by atoms with Crippen LogP contribution in [0.25, 0.3) is 11.3 Å². The van der Waals surface area contributed by atoms with Crippen LogP contribution in [-0.4, -0.2) is 40.9 Å². The number of hydrogen-bond acceptors (Lipinski definition) is 5. The molecule has 1 aliphatic carbocycles. The molecule has 0 aliphatic heterocycles. The van der Waals surface area contributed by atoms with Crippen LogP contribution in [0, 0.1) is 0 Å². The summed E-state index contributed by atoms with van der Waals surface area (Å²) in [5.41, 5.74) is 5.47. The van der Waals surface area contributed by atoms with Gasteiger partial charge in [-0.2, -0.15) is 5.10 Å². The largest absolute Gasteiger partial charge is 0.354 e. The van der Waals surface area contributed by atoms with Gasteiger partial charge in [-0.25, -0.2) is 8.42 Å². The van der Waals surface area contributed by atoms with E-state index in [1.807, 2.05) is 16.8 Å². The third-order valence-corrected chi connectivity index (χ3v) is 8.26. The fourth-order valence-corrected chi connectivity index (χ4v) is 5.28. The van der Waals surface area contributed by atoms with Crippen molar-refractivity contribution in [1.29, 1.82) is 0 Å². The molecule has 1 N–H and O–H groups in total. The van der Waals surface area contributed by atoms with Crippen molar-refractivity contribution in [1.82, 2.24) is 20.1 Å². The van der Waals surface area contributed by atoms with Crippen LogP contribution in [0.3, 0.4) is 0 Å². The zero-order chi connectivity index (χ0) is 23.4. The monoisotopic (exact) mass is 466 g/mol. The Hall–Kier alpha value is -3.00. The Labute approximate surface area is 195 Å². The molecule has 7 nitrogen and oxygen atoms in total. The first-order valence-corrected chi connectivity index (χ1v) is 13.0. The lowest BCUT2D eigenvalue weighted by Gasteiger charge is -2.14. The number of nitrogens with one attached hydrogen (secondary N) is 1. The Morgan fingerprint density at radius 1 is 1.06 bits per heavy atom. The molecule has 8 heteroatoms. The Kier molecular flexibility index (Phi) is 6.93. The summed E-state index contributed by atoms with van der Waals surface area (Å²) in [6.07, 6.45) is 8.15. The van der Waals surface area contributed by atoms with Crippen LogP contribution in [0.4, 0.5) is 0 Å². The highest BCUT2D eigenvalue weighted by atomic mass is 32.2. The Balaban J connectivity index is 1.37. The number of carbonyl (C=O) groups excluding carboxylic acids is 1. The van der Waals surface area contributed by atoms with Gasteiger partial charge in [-0.05, 0) is 69.4 Å². The Morgan fingerprint density at radius 3 is 2.45 bits per heavy atom. The van der Waals surface area contributed by atoms with Crippen molar-refractivity contribution in [3.63, 3.8) is 0 Å². The number of nitrogens with zero attached hydrogens (tertiary/aromatic N) is 3. The fraction of sp³-hybridized carbons (Fsp3) is 0.400. The second-order valence-corrected chi connectivity index (χ2v) is 11.2. The number of rotatable bonds is 8. The molecule has 0 spiro atoms. The normalized spacial score (nSPS) is 13.7. The third-order valence-electron chi connectivity index (χ3n) is 6.09. The molecule has 0 atom stereocenters. The summed E-state index contributed by atoms with van der Waals surface area (Å²) in [4.78, 5) is 16.8. The number of carbonyl (C=O) groups is 1. The van der Waals surface area contributed by atoms with Crippen molar-refractivity contribution in [2.45, 2.75) is 62.6 Å². The van der Waals surface area contributed by atoms with Crippen LogP contribution in [-0.2, 0) is 40.4 Å². The second kappa shape index (κ2) is 9.87. The molecule has 1 amide bonds. The van der Waals surface area contributed by atoms with E-state index in [1.54, 1.807) is 50.5 Å². The molecule has 1 aliphatic rings. The molecule has 0 saturated heterocycles. The van der Waals surface area contributed by atoms with Gasteiger partial charge in [-0.3, -0.25) is 14.5 Å². The van der Waals surface area contributed by atoms with E-state index in [2.05, 4.69) is 10.3 Å². The molecule has 4 rings (SSSR count). The molecular formula is C25H30N4O3S. The highest BCUT2D eigenvalue weighted by molar-refractivity contribution is 7.92. The minimum atomic E-state index is -3.31. The van der Waals surface area contributed by atoms with Crippen molar-refractivity contribution in [3.05, 3.63) is 65.6 Å². The number of aromatic nitrogens is 3. The lowest BCUT2D eigenvalue weighted by Crippen LogP contribution is -2.29. The summed E-state index contributed by atoms with van der Waals surface area (Å²) in [5, 5.41) is 7.37. The van der Waals surface area contributed by atoms with Crippen molar-refractivity contribution < 1.29 is 13.2 Å². The summed E-state index contributed by atoms with van der Waals surface area (Å²) in [6.45, 7) is 4.42. The number of benzene rings is 1. The maximum atomic E-state index is 12.4. The van der Waals surface area contributed by atoms with Gasteiger partial charge >= 0.3 is 0 Å². The van der Waals surface area contributed by atoms with E-state index in [0.29, 0.717) is 13.1 Å². The molecule has 3 aromatic rings. The standard InChI is InChI=1S/C25H30N4O3S/c1-18(2)33(31,32)21-9-7-19(8-10-21)17-24(30)27-15-16-29-23-6-4-3-5-22(23)25(28-29)20-11-13-26-14-12-20/h7-14,18H,3-6,15-17H2,1-2H3,(H,27,30). The summed E-state index contributed by atoms with van der Waals surface area (Å²) in [5.74, 6) is -0.0927. The third kappa shape index (κ3) is 5.16. The molecular weight excluding hydrogens is 436 g/mol. The molecule has 0 fully saturated rings. The van der Waals surface area contributed by atoms with Gasteiger partial charge in [0.25, 0.3) is 0 Å². The van der Waals surface area contributed by atoms with Crippen molar-refractivity contribution in [3.8, 4) is 11.3 Å². The molecule has 2 aromatic heterocycles. The summed E-state index contributed by atoms with van der Waals surface area (Å²) >= 11 is 0. The SMILES string of the molecule is CC(C)S(=O)(=O)c1ccc(CC(=O)NCCn2nc(-c3ccncc3)c3c2CCCC3)cc1. The summed E-state index contributed by atoms with van der Waals surface area (Å²) in [6, 6.07) is 10.5. The smallest absolute Gasteiger partial charge is 0.224 e. The first-order valence-electron chi connectivity index (χ1n) is 11.4. The van der Waals surface area contributed by atoms with Crippen molar-refractivity contribution in [2.75, 3.05) is 6.54 Å². The topological polar surface area (TPSA) is 94.0 Å². The summed E-state index contributed by atoms with van der Waals surface area (Å²) in [7, 11) is -3.31.